The number of hydrogen-bond acceptors (Lipinski definition) is 3. The first kappa shape index (κ1) is 13.1. The Morgan fingerprint density at radius 3 is 2.68 bits per heavy atom. The van der Waals surface area contributed by atoms with Crippen LogP contribution in [-0.2, 0) is 6.42 Å². The summed E-state index contributed by atoms with van der Waals surface area (Å²) in [6.07, 6.45) is 0.324. The van der Waals surface area contributed by atoms with Crippen LogP contribution in [0, 0.1) is 6.92 Å². The van der Waals surface area contributed by atoms with Crippen molar-refractivity contribution in [3.05, 3.63) is 59.2 Å². The molecule has 0 spiro atoms. The topological polar surface area (TPSA) is 52.3 Å². The van der Waals surface area contributed by atoms with Gasteiger partial charge >= 0.3 is 0 Å². The lowest BCUT2D eigenvalue weighted by Crippen LogP contribution is -2.06. The number of Topliss-reactive ketones (excluding diaryl/α,β-unsaturated/α-hetero) is 1. The highest BCUT2D eigenvalue weighted by Crippen LogP contribution is 2.22. The Bertz CT molecular complexity index is 605. The molecule has 19 heavy (non-hydrogen) atoms. The molecular weight excluding hydrogens is 238 g/mol. The molecule has 2 rings (SSSR count). The van der Waals surface area contributed by atoms with Gasteiger partial charge in [-0.1, -0.05) is 23.8 Å². The maximum absolute atomic E-state index is 12.3. The van der Waals surface area contributed by atoms with Crippen LogP contribution in [0.4, 0.5) is 5.69 Å². The molecule has 0 radical (unpaired) electrons. The molecule has 0 bridgehead atoms. The van der Waals surface area contributed by atoms with Crippen LogP contribution in [0.1, 0.15) is 21.5 Å². The van der Waals surface area contributed by atoms with Crippen molar-refractivity contribution < 1.29 is 9.53 Å². The number of methoxy groups -OCH3 is 1. The first-order valence-corrected chi connectivity index (χ1v) is 6.12. The standard InChI is InChI=1S/C16H17NO2/c1-11-6-7-16(19-2)14(8-11)15(18)10-12-4-3-5-13(17)9-12/h3-9H,10,17H2,1-2H3. The number of nitrogen functional groups attached to an aromatic ring is 1. The third-order valence-corrected chi connectivity index (χ3v) is 2.97. The number of aryl methyl sites for hydroxylation is 1. The second kappa shape index (κ2) is 5.57. The maximum Gasteiger partial charge on any atom is 0.170 e. The normalized spacial score (nSPS) is 10.2. The molecule has 0 aliphatic heterocycles. The number of ether oxygens (including phenoxy) is 1. The maximum atomic E-state index is 12.3. The van der Waals surface area contributed by atoms with E-state index in [-0.39, 0.29) is 5.78 Å². The van der Waals surface area contributed by atoms with Crippen molar-refractivity contribution in [2.45, 2.75) is 13.3 Å². The molecule has 0 heterocycles. The summed E-state index contributed by atoms with van der Waals surface area (Å²) in [4.78, 5) is 12.3. The van der Waals surface area contributed by atoms with Crippen molar-refractivity contribution in [2.75, 3.05) is 12.8 Å². The minimum Gasteiger partial charge on any atom is -0.496 e. The number of rotatable bonds is 4. The Labute approximate surface area is 113 Å². The fourth-order valence-corrected chi connectivity index (χ4v) is 2.02. The average molecular weight is 255 g/mol. The van der Waals surface area contributed by atoms with E-state index in [1.807, 2.05) is 43.3 Å². The number of carbonyl (C=O) groups is 1. The zero-order chi connectivity index (χ0) is 13.8. The van der Waals surface area contributed by atoms with Crippen LogP contribution in [0.5, 0.6) is 5.75 Å². The summed E-state index contributed by atoms with van der Waals surface area (Å²) in [5.74, 6) is 0.644. The van der Waals surface area contributed by atoms with Gasteiger partial charge in [0, 0.05) is 12.1 Å². The molecule has 0 aliphatic rings. The lowest BCUT2D eigenvalue weighted by Gasteiger charge is -2.09. The molecule has 0 unspecified atom stereocenters. The molecule has 0 saturated carbocycles. The van der Waals surface area contributed by atoms with Gasteiger partial charge in [-0.05, 0) is 36.8 Å². The van der Waals surface area contributed by atoms with Gasteiger partial charge in [0.25, 0.3) is 0 Å². The van der Waals surface area contributed by atoms with E-state index >= 15 is 0 Å². The number of hydrogen-bond donors (Lipinski definition) is 1. The first-order chi connectivity index (χ1) is 9.10. The van der Waals surface area contributed by atoms with Crippen molar-refractivity contribution in [1.82, 2.24) is 0 Å². The summed E-state index contributed by atoms with van der Waals surface area (Å²) in [7, 11) is 1.57. The van der Waals surface area contributed by atoms with Gasteiger partial charge in [0.2, 0.25) is 0 Å². The molecule has 3 nitrogen and oxygen atoms in total. The van der Waals surface area contributed by atoms with Crippen molar-refractivity contribution in [2.24, 2.45) is 0 Å². The van der Waals surface area contributed by atoms with Crippen LogP contribution in [0.25, 0.3) is 0 Å². The molecule has 0 amide bonds. The van der Waals surface area contributed by atoms with E-state index in [9.17, 15) is 4.79 Å². The zero-order valence-corrected chi connectivity index (χ0v) is 11.1. The monoisotopic (exact) mass is 255 g/mol. The second-order valence-electron chi connectivity index (χ2n) is 4.55. The largest absolute Gasteiger partial charge is 0.496 e. The average Bonchev–Trinajstić information content (AvgIpc) is 2.38. The van der Waals surface area contributed by atoms with Gasteiger partial charge in [-0.15, -0.1) is 0 Å². The highest BCUT2D eigenvalue weighted by molar-refractivity contribution is 6.00. The molecule has 98 valence electrons. The van der Waals surface area contributed by atoms with E-state index in [0.29, 0.717) is 23.4 Å². The molecule has 2 aromatic rings. The van der Waals surface area contributed by atoms with Crippen molar-refractivity contribution in [1.29, 1.82) is 0 Å². The minimum absolute atomic E-state index is 0.0335. The van der Waals surface area contributed by atoms with E-state index in [0.717, 1.165) is 11.1 Å². The van der Waals surface area contributed by atoms with E-state index in [2.05, 4.69) is 0 Å². The number of anilines is 1. The predicted octanol–water partition coefficient (Wildman–Crippen LogP) is 3.01. The number of ketones is 1. The Hall–Kier alpha value is -2.29. The summed E-state index contributed by atoms with van der Waals surface area (Å²) in [5.41, 5.74) is 8.95. The molecular formula is C16H17NO2. The summed E-state index contributed by atoms with van der Waals surface area (Å²) in [6.45, 7) is 1.96. The van der Waals surface area contributed by atoms with Crippen LogP contribution in [-0.4, -0.2) is 12.9 Å². The summed E-state index contributed by atoms with van der Waals surface area (Å²) in [5, 5.41) is 0. The van der Waals surface area contributed by atoms with Gasteiger partial charge in [-0.25, -0.2) is 0 Å². The van der Waals surface area contributed by atoms with Crippen LogP contribution in [0.15, 0.2) is 42.5 Å². The van der Waals surface area contributed by atoms with Gasteiger partial charge in [0.15, 0.2) is 5.78 Å². The molecule has 0 atom stereocenters. The number of carbonyl (C=O) groups excluding carboxylic acids is 1. The van der Waals surface area contributed by atoms with Crippen LogP contribution >= 0.6 is 0 Å². The lowest BCUT2D eigenvalue weighted by molar-refractivity contribution is 0.0990. The number of nitrogens with two attached hydrogens (primary N) is 1. The lowest BCUT2D eigenvalue weighted by atomic mass is 10.0. The highest BCUT2D eigenvalue weighted by Gasteiger charge is 2.13. The fourth-order valence-electron chi connectivity index (χ4n) is 2.02. The summed E-state index contributed by atoms with van der Waals surface area (Å²) in [6, 6.07) is 13.0. The summed E-state index contributed by atoms with van der Waals surface area (Å²) < 4.78 is 5.24. The van der Waals surface area contributed by atoms with Crippen molar-refractivity contribution in [3.63, 3.8) is 0 Å². The molecule has 2 N–H and O–H groups in total. The van der Waals surface area contributed by atoms with Gasteiger partial charge in [-0.2, -0.15) is 0 Å². The summed E-state index contributed by atoms with van der Waals surface area (Å²) >= 11 is 0. The van der Waals surface area contributed by atoms with Gasteiger partial charge in [0.1, 0.15) is 5.75 Å². The predicted molar refractivity (Wildman–Crippen MR) is 76.6 cm³/mol. The second-order valence-corrected chi connectivity index (χ2v) is 4.55. The van der Waals surface area contributed by atoms with E-state index in [1.54, 1.807) is 13.2 Å². The first-order valence-electron chi connectivity index (χ1n) is 6.12. The Kier molecular flexibility index (Phi) is 3.85. The van der Waals surface area contributed by atoms with Crippen LogP contribution in [0.2, 0.25) is 0 Å². The van der Waals surface area contributed by atoms with Crippen molar-refractivity contribution >= 4 is 11.5 Å². The molecule has 3 heteroatoms. The molecule has 0 fully saturated rings. The quantitative estimate of drug-likeness (QED) is 0.675. The van der Waals surface area contributed by atoms with Gasteiger partial charge in [0.05, 0.1) is 12.7 Å². The highest BCUT2D eigenvalue weighted by atomic mass is 16.5. The smallest absolute Gasteiger partial charge is 0.170 e. The van der Waals surface area contributed by atoms with Gasteiger partial charge < -0.3 is 10.5 Å². The third-order valence-electron chi connectivity index (χ3n) is 2.97. The van der Waals surface area contributed by atoms with Gasteiger partial charge in [-0.3, -0.25) is 4.79 Å². The van der Waals surface area contributed by atoms with E-state index in [1.165, 1.54) is 0 Å². The minimum atomic E-state index is 0.0335. The third kappa shape index (κ3) is 3.13. The molecule has 0 saturated heterocycles. The SMILES string of the molecule is COc1ccc(C)cc1C(=O)Cc1cccc(N)c1. The van der Waals surface area contributed by atoms with Crippen molar-refractivity contribution in [3.8, 4) is 5.75 Å². The molecule has 0 aromatic heterocycles. The fraction of sp³-hybridized carbons (Fsp3) is 0.188. The van der Waals surface area contributed by atoms with Crippen LogP contribution < -0.4 is 10.5 Å². The Balaban J connectivity index is 2.27. The Morgan fingerprint density at radius 2 is 2.00 bits per heavy atom. The number of benzene rings is 2. The van der Waals surface area contributed by atoms with E-state index < -0.39 is 0 Å². The van der Waals surface area contributed by atoms with E-state index in [4.69, 9.17) is 10.5 Å². The Morgan fingerprint density at radius 1 is 1.21 bits per heavy atom. The molecule has 0 aliphatic carbocycles. The van der Waals surface area contributed by atoms with Crippen LogP contribution in [0.3, 0.4) is 0 Å². The zero-order valence-electron chi connectivity index (χ0n) is 11.1. The molecule has 2 aromatic carbocycles.